The largest absolute Gasteiger partial charge is 0.478 e. The number of imide groups is 1. The first-order chi connectivity index (χ1) is 16.6. The zero-order valence-corrected chi connectivity index (χ0v) is 20.3. The molecule has 0 spiro atoms. The van der Waals surface area contributed by atoms with E-state index in [2.05, 4.69) is 5.32 Å². The number of nitrogens with one attached hydrogen (secondary N) is 1. The third-order valence-corrected chi connectivity index (χ3v) is 6.65. The zero-order valence-electron chi connectivity index (χ0n) is 18.0. The molecule has 0 saturated carbocycles. The van der Waals surface area contributed by atoms with Crippen molar-refractivity contribution in [2.45, 2.75) is 6.92 Å². The van der Waals surface area contributed by atoms with E-state index in [0.29, 0.717) is 33.8 Å². The van der Waals surface area contributed by atoms with Gasteiger partial charge in [0.2, 0.25) is 5.91 Å². The molecule has 2 N–H and O–H groups in total. The van der Waals surface area contributed by atoms with E-state index in [1.807, 2.05) is 6.92 Å². The Morgan fingerprint density at radius 1 is 1.09 bits per heavy atom. The van der Waals surface area contributed by atoms with Crippen LogP contribution in [-0.2, 0) is 9.59 Å². The molecule has 178 valence electrons. The number of halogens is 2. The summed E-state index contributed by atoms with van der Waals surface area (Å²) in [6.45, 7) is 1.36. The minimum Gasteiger partial charge on any atom is -0.478 e. The number of carbonyl (C=O) groups excluding carboxylic acids is 3. The highest BCUT2D eigenvalue weighted by molar-refractivity contribution is 8.18. The SMILES string of the molecule is Cc1ccc(NC(=O)CN2C(=O)S/C(=C\c3ccc(-c4cc(C(=O)O)ccc4Cl)o3)C2=O)cc1Cl. The van der Waals surface area contributed by atoms with Gasteiger partial charge in [-0.3, -0.25) is 19.3 Å². The van der Waals surface area contributed by atoms with Crippen molar-refractivity contribution in [2.24, 2.45) is 0 Å². The molecule has 1 aromatic heterocycles. The van der Waals surface area contributed by atoms with Gasteiger partial charge in [0.15, 0.2) is 0 Å². The smallest absolute Gasteiger partial charge is 0.335 e. The van der Waals surface area contributed by atoms with Gasteiger partial charge in [-0.25, -0.2) is 4.79 Å². The van der Waals surface area contributed by atoms with Gasteiger partial charge in [0.1, 0.15) is 18.1 Å². The number of hydrogen-bond acceptors (Lipinski definition) is 6. The van der Waals surface area contributed by atoms with E-state index >= 15 is 0 Å². The van der Waals surface area contributed by atoms with E-state index in [0.717, 1.165) is 10.5 Å². The van der Waals surface area contributed by atoms with Gasteiger partial charge in [0.05, 0.1) is 15.5 Å². The number of carboxylic acids is 1. The van der Waals surface area contributed by atoms with Crippen LogP contribution in [0.15, 0.2) is 57.9 Å². The van der Waals surface area contributed by atoms with E-state index in [4.69, 9.17) is 27.6 Å². The summed E-state index contributed by atoms with van der Waals surface area (Å²) in [4.78, 5) is 49.6. The number of rotatable bonds is 6. The molecule has 0 bridgehead atoms. The Morgan fingerprint density at radius 3 is 2.57 bits per heavy atom. The van der Waals surface area contributed by atoms with Gasteiger partial charge < -0.3 is 14.8 Å². The molecule has 3 aromatic rings. The third-order valence-electron chi connectivity index (χ3n) is 5.01. The summed E-state index contributed by atoms with van der Waals surface area (Å²) in [7, 11) is 0. The number of thioether (sulfide) groups is 1. The van der Waals surface area contributed by atoms with Crippen LogP contribution in [0.3, 0.4) is 0 Å². The molecule has 8 nitrogen and oxygen atoms in total. The second kappa shape index (κ2) is 9.99. The maximum Gasteiger partial charge on any atom is 0.335 e. The molecule has 0 atom stereocenters. The zero-order chi connectivity index (χ0) is 25.3. The molecule has 4 rings (SSSR count). The van der Waals surface area contributed by atoms with Gasteiger partial charge in [0, 0.05) is 22.3 Å². The number of furan rings is 1. The second-order valence-electron chi connectivity index (χ2n) is 7.48. The molecule has 0 aliphatic carbocycles. The lowest BCUT2D eigenvalue weighted by molar-refractivity contribution is -0.127. The van der Waals surface area contributed by atoms with Crippen LogP contribution < -0.4 is 5.32 Å². The summed E-state index contributed by atoms with van der Waals surface area (Å²) in [5.74, 6) is -1.76. The van der Waals surface area contributed by atoms with E-state index < -0.39 is 29.6 Å². The lowest BCUT2D eigenvalue weighted by Crippen LogP contribution is -2.36. The third kappa shape index (κ3) is 5.43. The standard InChI is InChI=1S/C24H16Cl2N2O6S/c1-12-2-4-14(9-18(12)26)27-21(29)11-28-22(30)20(35-24(28)33)10-15-5-7-19(34-15)16-8-13(23(31)32)3-6-17(16)25/h2-10H,11H2,1H3,(H,27,29)(H,31,32)/b20-10-. The van der Waals surface area contributed by atoms with E-state index in [1.165, 1.54) is 24.3 Å². The maximum absolute atomic E-state index is 12.7. The number of carbonyl (C=O) groups is 4. The van der Waals surface area contributed by atoms with Crippen LogP contribution in [-0.4, -0.2) is 39.6 Å². The van der Waals surface area contributed by atoms with Gasteiger partial charge in [0.25, 0.3) is 11.1 Å². The highest BCUT2D eigenvalue weighted by Crippen LogP contribution is 2.35. The van der Waals surface area contributed by atoms with E-state index in [1.54, 1.807) is 30.3 Å². The number of amides is 3. The minimum absolute atomic E-state index is 0.0367. The molecule has 0 radical (unpaired) electrons. The van der Waals surface area contributed by atoms with E-state index in [9.17, 15) is 24.3 Å². The van der Waals surface area contributed by atoms with Crippen molar-refractivity contribution in [3.8, 4) is 11.3 Å². The number of benzene rings is 2. The van der Waals surface area contributed by atoms with Crippen molar-refractivity contribution in [3.63, 3.8) is 0 Å². The van der Waals surface area contributed by atoms with Gasteiger partial charge in [-0.1, -0.05) is 29.3 Å². The van der Waals surface area contributed by atoms with Crippen LogP contribution in [0.5, 0.6) is 0 Å². The summed E-state index contributed by atoms with van der Waals surface area (Å²) in [6.07, 6.45) is 1.38. The highest BCUT2D eigenvalue weighted by atomic mass is 35.5. The van der Waals surface area contributed by atoms with Gasteiger partial charge in [-0.2, -0.15) is 0 Å². The summed E-state index contributed by atoms with van der Waals surface area (Å²) < 4.78 is 5.71. The highest BCUT2D eigenvalue weighted by Gasteiger charge is 2.36. The summed E-state index contributed by atoms with van der Waals surface area (Å²) in [5.41, 5.74) is 1.70. The Labute approximate surface area is 213 Å². The summed E-state index contributed by atoms with van der Waals surface area (Å²) >= 11 is 12.9. The summed E-state index contributed by atoms with van der Waals surface area (Å²) in [6, 6.07) is 12.3. The van der Waals surface area contributed by atoms with Crippen LogP contribution in [0.1, 0.15) is 21.7 Å². The number of aryl methyl sites for hydroxylation is 1. The molecule has 1 saturated heterocycles. The fourth-order valence-corrected chi connectivity index (χ4v) is 4.41. The Balaban J connectivity index is 1.48. The predicted molar refractivity (Wildman–Crippen MR) is 134 cm³/mol. The van der Waals surface area contributed by atoms with Crippen molar-refractivity contribution in [1.29, 1.82) is 0 Å². The molecular weight excluding hydrogens is 515 g/mol. The van der Waals surface area contributed by atoms with Crippen LogP contribution in [0, 0.1) is 6.92 Å². The molecular formula is C24H16Cl2N2O6S. The Bertz CT molecular complexity index is 1410. The molecule has 35 heavy (non-hydrogen) atoms. The number of anilines is 1. The molecule has 2 heterocycles. The Kier molecular flexibility index (Phi) is 7.02. The Morgan fingerprint density at radius 2 is 1.86 bits per heavy atom. The van der Waals surface area contributed by atoms with Crippen molar-refractivity contribution in [1.82, 2.24) is 4.90 Å². The minimum atomic E-state index is -1.11. The number of aromatic carboxylic acids is 1. The van der Waals surface area contributed by atoms with Crippen molar-refractivity contribution >= 4 is 69.8 Å². The first-order valence-corrected chi connectivity index (χ1v) is 11.6. The van der Waals surface area contributed by atoms with Crippen molar-refractivity contribution in [3.05, 3.63) is 80.4 Å². The molecule has 3 amide bonds. The van der Waals surface area contributed by atoms with Crippen molar-refractivity contribution in [2.75, 3.05) is 11.9 Å². The quantitative estimate of drug-likeness (QED) is 0.379. The van der Waals surface area contributed by atoms with E-state index in [-0.39, 0.29) is 21.3 Å². The predicted octanol–water partition coefficient (Wildman–Crippen LogP) is 5.94. The van der Waals surface area contributed by atoms with Crippen LogP contribution >= 0.6 is 35.0 Å². The fourth-order valence-electron chi connectivity index (χ4n) is 3.20. The lowest BCUT2D eigenvalue weighted by Gasteiger charge is -2.12. The molecule has 1 fully saturated rings. The van der Waals surface area contributed by atoms with Crippen LogP contribution in [0.25, 0.3) is 17.4 Å². The normalized spacial score (nSPS) is 14.6. The Hall–Kier alpha value is -3.53. The first-order valence-electron chi connectivity index (χ1n) is 10.1. The topological polar surface area (TPSA) is 117 Å². The van der Waals surface area contributed by atoms with Gasteiger partial charge >= 0.3 is 5.97 Å². The molecule has 2 aromatic carbocycles. The molecule has 1 aliphatic rings. The van der Waals surface area contributed by atoms with Gasteiger partial charge in [-0.05, 0) is 66.7 Å². The van der Waals surface area contributed by atoms with Gasteiger partial charge in [-0.15, -0.1) is 0 Å². The maximum atomic E-state index is 12.7. The number of carboxylic acid groups (broad SMARTS) is 1. The number of hydrogen-bond donors (Lipinski definition) is 2. The number of nitrogens with zero attached hydrogens (tertiary/aromatic N) is 1. The van der Waals surface area contributed by atoms with Crippen molar-refractivity contribution < 1.29 is 28.7 Å². The molecule has 0 unspecified atom stereocenters. The average Bonchev–Trinajstić information content (AvgIpc) is 3.36. The molecule has 1 aliphatic heterocycles. The summed E-state index contributed by atoms with van der Waals surface area (Å²) in [5, 5.41) is 12.0. The second-order valence-corrected chi connectivity index (χ2v) is 9.29. The lowest BCUT2D eigenvalue weighted by atomic mass is 10.1. The average molecular weight is 531 g/mol. The van der Waals surface area contributed by atoms with Crippen LogP contribution in [0.4, 0.5) is 10.5 Å². The monoisotopic (exact) mass is 530 g/mol. The van der Waals surface area contributed by atoms with Crippen LogP contribution in [0.2, 0.25) is 10.0 Å². The first kappa shape index (κ1) is 24.6. The molecule has 11 heteroatoms. The fraction of sp³-hybridized carbons (Fsp3) is 0.0833.